The van der Waals surface area contributed by atoms with Crippen molar-refractivity contribution in [3.8, 4) is 0 Å². The molecule has 0 saturated carbocycles. The van der Waals surface area contributed by atoms with Gasteiger partial charge in [0.2, 0.25) is 0 Å². The molecule has 1 unspecified atom stereocenters. The van der Waals surface area contributed by atoms with Gasteiger partial charge in [0.05, 0.1) is 5.92 Å². The fraction of sp³-hybridized carbons (Fsp3) is 0.533. The topological polar surface area (TPSA) is 63.3 Å². The molecule has 0 aromatic heterocycles. The molecule has 0 aliphatic rings. The van der Waals surface area contributed by atoms with Crippen molar-refractivity contribution in [3.63, 3.8) is 0 Å². The van der Waals surface area contributed by atoms with Crippen molar-refractivity contribution in [2.75, 3.05) is 5.73 Å². The zero-order valence-corrected chi connectivity index (χ0v) is 11.3. The number of hydrogen-bond donors (Lipinski definition) is 2. The number of carboxylic acids is 1. The minimum Gasteiger partial charge on any atom is -0.481 e. The van der Waals surface area contributed by atoms with Crippen LogP contribution in [0.5, 0.6) is 0 Å². The third-order valence-electron chi connectivity index (χ3n) is 3.38. The Morgan fingerprint density at radius 2 is 2.06 bits per heavy atom. The lowest BCUT2D eigenvalue weighted by Gasteiger charge is -2.16. The number of hydrogen-bond acceptors (Lipinski definition) is 2. The zero-order valence-electron chi connectivity index (χ0n) is 11.3. The highest BCUT2D eigenvalue weighted by Crippen LogP contribution is 2.29. The summed E-state index contributed by atoms with van der Waals surface area (Å²) in [7, 11) is 0. The summed E-state index contributed by atoms with van der Waals surface area (Å²) < 4.78 is 0. The molecule has 0 bridgehead atoms. The van der Waals surface area contributed by atoms with E-state index in [1.807, 2.05) is 25.1 Å². The molecule has 0 fully saturated rings. The van der Waals surface area contributed by atoms with E-state index in [-0.39, 0.29) is 0 Å². The largest absolute Gasteiger partial charge is 0.481 e. The van der Waals surface area contributed by atoms with Crippen LogP contribution in [0.25, 0.3) is 0 Å². The summed E-state index contributed by atoms with van der Waals surface area (Å²) >= 11 is 0. The van der Waals surface area contributed by atoms with E-state index in [9.17, 15) is 9.90 Å². The van der Waals surface area contributed by atoms with Crippen molar-refractivity contribution in [1.29, 1.82) is 0 Å². The minimum atomic E-state index is -0.774. The molecule has 1 aromatic carbocycles. The molecule has 0 spiro atoms. The maximum absolute atomic E-state index is 11.4. The highest BCUT2D eigenvalue weighted by molar-refractivity contribution is 5.79. The quantitative estimate of drug-likeness (QED) is 0.572. The van der Waals surface area contributed by atoms with Crippen LogP contribution in [0.3, 0.4) is 0 Å². The Morgan fingerprint density at radius 3 is 2.67 bits per heavy atom. The smallest absolute Gasteiger partial charge is 0.311 e. The van der Waals surface area contributed by atoms with Gasteiger partial charge >= 0.3 is 5.97 Å². The molecule has 18 heavy (non-hydrogen) atoms. The Morgan fingerprint density at radius 1 is 1.33 bits per heavy atom. The van der Waals surface area contributed by atoms with Gasteiger partial charge in [-0.15, -0.1) is 0 Å². The Bertz CT molecular complexity index is 401. The summed E-state index contributed by atoms with van der Waals surface area (Å²) in [6.45, 7) is 4.06. The average molecular weight is 249 g/mol. The van der Waals surface area contributed by atoms with Crippen molar-refractivity contribution in [1.82, 2.24) is 0 Å². The number of aryl methyl sites for hydroxylation is 1. The average Bonchev–Trinajstić information content (AvgIpc) is 2.33. The van der Waals surface area contributed by atoms with Crippen molar-refractivity contribution in [2.45, 2.75) is 51.9 Å². The summed E-state index contributed by atoms with van der Waals surface area (Å²) in [6.07, 6.45) is 5.02. The number of carboxylic acid groups (broad SMARTS) is 1. The first kappa shape index (κ1) is 14.6. The van der Waals surface area contributed by atoms with Crippen LogP contribution in [0.2, 0.25) is 0 Å². The number of carbonyl (C=O) groups is 1. The maximum atomic E-state index is 11.4. The Labute approximate surface area is 109 Å². The van der Waals surface area contributed by atoms with Gasteiger partial charge in [0.1, 0.15) is 0 Å². The van der Waals surface area contributed by atoms with Gasteiger partial charge in [-0.25, -0.2) is 0 Å². The lowest BCUT2D eigenvalue weighted by molar-refractivity contribution is -0.139. The van der Waals surface area contributed by atoms with Crippen molar-refractivity contribution in [2.24, 2.45) is 0 Å². The summed E-state index contributed by atoms with van der Waals surface area (Å²) in [4.78, 5) is 11.4. The number of unbranched alkanes of at least 4 members (excludes halogenated alkanes) is 3. The number of nitrogens with two attached hydrogens (primary N) is 1. The summed E-state index contributed by atoms with van der Waals surface area (Å²) in [5.74, 6) is -1.24. The van der Waals surface area contributed by atoms with E-state index in [1.165, 1.54) is 0 Å². The van der Waals surface area contributed by atoms with E-state index in [0.29, 0.717) is 12.1 Å². The maximum Gasteiger partial charge on any atom is 0.311 e. The van der Waals surface area contributed by atoms with Crippen LogP contribution in [-0.2, 0) is 4.79 Å². The van der Waals surface area contributed by atoms with Crippen LogP contribution >= 0.6 is 0 Å². The molecule has 0 aliphatic heterocycles. The van der Waals surface area contributed by atoms with Gasteiger partial charge in [-0.1, -0.05) is 50.8 Å². The van der Waals surface area contributed by atoms with Crippen LogP contribution < -0.4 is 5.73 Å². The van der Waals surface area contributed by atoms with Crippen LogP contribution in [0.4, 0.5) is 5.69 Å². The van der Waals surface area contributed by atoms with Gasteiger partial charge in [-0.3, -0.25) is 4.79 Å². The first-order valence-electron chi connectivity index (χ1n) is 6.65. The molecule has 1 rings (SSSR count). The highest BCUT2D eigenvalue weighted by atomic mass is 16.4. The zero-order chi connectivity index (χ0) is 13.5. The molecule has 0 aliphatic carbocycles. The predicted molar refractivity (Wildman–Crippen MR) is 74.7 cm³/mol. The first-order valence-corrected chi connectivity index (χ1v) is 6.65. The van der Waals surface area contributed by atoms with E-state index >= 15 is 0 Å². The molecule has 1 atom stereocenters. The van der Waals surface area contributed by atoms with Gasteiger partial charge < -0.3 is 10.8 Å². The molecule has 3 nitrogen and oxygen atoms in total. The second kappa shape index (κ2) is 7.04. The SMILES string of the molecule is CCCCCCC(C(=O)O)c1cccc(C)c1N. The number of anilines is 1. The van der Waals surface area contributed by atoms with Crippen LogP contribution in [0, 0.1) is 6.92 Å². The van der Waals surface area contributed by atoms with Gasteiger partial charge in [0, 0.05) is 5.69 Å². The van der Waals surface area contributed by atoms with Crippen LogP contribution in [0.1, 0.15) is 56.1 Å². The van der Waals surface area contributed by atoms with Gasteiger partial charge in [-0.05, 0) is 24.5 Å². The monoisotopic (exact) mass is 249 g/mol. The molecule has 0 saturated heterocycles. The number of nitrogen functional groups attached to an aromatic ring is 1. The number of rotatable bonds is 7. The van der Waals surface area contributed by atoms with E-state index in [0.717, 1.165) is 36.8 Å². The lowest BCUT2D eigenvalue weighted by Crippen LogP contribution is -2.14. The molecule has 3 heteroatoms. The molecule has 0 heterocycles. The molecule has 3 N–H and O–H groups in total. The number of aliphatic carboxylic acids is 1. The van der Waals surface area contributed by atoms with Crippen molar-refractivity contribution in [3.05, 3.63) is 29.3 Å². The van der Waals surface area contributed by atoms with Gasteiger partial charge in [0.15, 0.2) is 0 Å². The van der Waals surface area contributed by atoms with Gasteiger partial charge in [-0.2, -0.15) is 0 Å². The van der Waals surface area contributed by atoms with Crippen LogP contribution in [0.15, 0.2) is 18.2 Å². The third kappa shape index (κ3) is 3.76. The summed E-state index contributed by atoms with van der Waals surface area (Å²) in [6, 6.07) is 5.62. The van der Waals surface area contributed by atoms with E-state index < -0.39 is 11.9 Å². The Balaban J connectivity index is 2.78. The summed E-state index contributed by atoms with van der Waals surface area (Å²) in [5, 5.41) is 9.34. The normalized spacial score (nSPS) is 12.3. The second-order valence-electron chi connectivity index (χ2n) is 4.82. The highest BCUT2D eigenvalue weighted by Gasteiger charge is 2.21. The number of benzene rings is 1. The van der Waals surface area contributed by atoms with E-state index in [4.69, 9.17) is 5.73 Å². The van der Waals surface area contributed by atoms with E-state index in [1.54, 1.807) is 0 Å². The second-order valence-corrected chi connectivity index (χ2v) is 4.82. The standard InChI is InChI=1S/C15H23NO2/c1-3-4-5-6-9-13(15(17)18)12-10-7-8-11(2)14(12)16/h7-8,10,13H,3-6,9,16H2,1-2H3,(H,17,18). The fourth-order valence-corrected chi connectivity index (χ4v) is 2.19. The minimum absolute atomic E-state index is 0.471. The predicted octanol–water partition coefficient (Wildman–Crippen LogP) is 3.72. The Kier molecular flexibility index (Phi) is 5.69. The van der Waals surface area contributed by atoms with E-state index in [2.05, 4.69) is 6.92 Å². The van der Waals surface area contributed by atoms with Crippen LogP contribution in [-0.4, -0.2) is 11.1 Å². The first-order chi connectivity index (χ1) is 8.57. The van der Waals surface area contributed by atoms with Crippen molar-refractivity contribution < 1.29 is 9.90 Å². The molecule has 100 valence electrons. The van der Waals surface area contributed by atoms with Gasteiger partial charge in [0.25, 0.3) is 0 Å². The molecular formula is C15H23NO2. The molecular weight excluding hydrogens is 226 g/mol. The molecule has 0 radical (unpaired) electrons. The fourth-order valence-electron chi connectivity index (χ4n) is 2.19. The van der Waals surface area contributed by atoms with Crippen molar-refractivity contribution >= 4 is 11.7 Å². The molecule has 0 amide bonds. The summed E-state index contributed by atoms with van der Waals surface area (Å²) in [5.41, 5.74) is 8.33. The number of para-hydroxylation sites is 1. The molecule has 1 aromatic rings. The lowest BCUT2D eigenvalue weighted by atomic mass is 9.90. The Hall–Kier alpha value is -1.51. The third-order valence-corrected chi connectivity index (χ3v) is 3.38.